The van der Waals surface area contributed by atoms with E-state index in [-0.39, 0.29) is 23.4 Å². The lowest BCUT2D eigenvalue weighted by molar-refractivity contribution is -0.140. The van der Waals surface area contributed by atoms with Crippen molar-refractivity contribution in [1.82, 2.24) is 10.2 Å². The molecule has 3 rings (SSSR count). The Morgan fingerprint density at radius 2 is 1.42 bits per heavy atom. The summed E-state index contributed by atoms with van der Waals surface area (Å²) in [6.07, 6.45) is 0.974. The van der Waals surface area contributed by atoms with Crippen LogP contribution in [0.25, 0.3) is 0 Å². The number of benzene rings is 3. The summed E-state index contributed by atoms with van der Waals surface area (Å²) in [5.41, 5.74) is 2.11. The van der Waals surface area contributed by atoms with Crippen molar-refractivity contribution in [2.24, 2.45) is 0 Å². The van der Waals surface area contributed by atoms with Gasteiger partial charge in [0, 0.05) is 12.6 Å². The molecule has 0 heterocycles. The molecule has 0 aliphatic rings. The van der Waals surface area contributed by atoms with Crippen molar-refractivity contribution in [1.29, 1.82) is 0 Å². The first-order valence-corrected chi connectivity index (χ1v) is 14.4. The molecule has 0 aliphatic carbocycles. The summed E-state index contributed by atoms with van der Waals surface area (Å²) in [6.45, 7) is 7.26. The summed E-state index contributed by atoms with van der Waals surface area (Å²) in [7, 11) is -4.07. The first-order chi connectivity index (χ1) is 18.2. The van der Waals surface area contributed by atoms with Gasteiger partial charge in [0.25, 0.3) is 10.0 Å². The smallest absolute Gasteiger partial charge is 0.264 e. The van der Waals surface area contributed by atoms with E-state index in [4.69, 9.17) is 0 Å². The quantitative estimate of drug-likeness (QED) is 0.362. The summed E-state index contributed by atoms with van der Waals surface area (Å²) in [5, 5.41) is 2.91. The van der Waals surface area contributed by atoms with Crippen LogP contribution in [0.3, 0.4) is 0 Å². The zero-order valence-electron chi connectivity index (χ0n) is 22.5. The number of hydrogen-bond donors (Lipinski definition) is 1. The molecule has 0 unspecified atom stereocenters. The van der Waals surface area contributed by atoms with Gasteiger partial charge in [-0.3, -0.25) is 13.9 Å². The molecule has 0 spiro atoms. The largest absolute Gasteiger partial charge is 0.352 e. The molecule has 38 heavy (non-hydrogen) atoms. The third-order valence-electron chi connectivity index (χ3n) is 6.26. The van der Waals surface area contributed by atoms with Gasteiger partial charge in [-0.15, -0.1) is 0 Å². The van der Waals surface area contributed by atoms with Gasteiger partial charge in [-0.1, -0.05) is 80.6 Å². The van der Waals surface area contributed by atoms with Crippen LogP contribution in [-0.4, -0.2) is 43.8 Å². The predicted octanol–water partition coefficient (Wildman–Crippen LogP) is 4.78. The van der Waals surface area contributed by atoms with E-state index in [1.165, 1.54) is 21.3 Å². The van der Waals surface area contributed by atoms with Gasteiger partial charge in [-0.05, 0) is 56.0 Å². The maximum Gasteiger partial charge on any atom is 0.264 e. The van der Waals surface area contributed by atoms with Crippen molar-refractivity contribution in [3.63, 3.8) is 0 Å². The lowest BCUT2D eigenvalue weighted by Crippen LogP contribution is -2.53. The number of rotatable bonds is 12. The van der Waals surface area contributed by atoms with Crippen LogP contribution in [0.15, 0.2) is 89.8 Å². The highest BCUT2D eigenvalue weighted by molar-refractivity contribution is 7.92. The summed E-state index contributed by atoms with van der Waals surface area (Å²) in [6, 6.07) is 23.8. The molecule has 0 fully saturated rings. The van der Waals surface area contributed by atoms with Crippen molar-refractivity contribution in [2.75, 3.05) is 10.8 Å². The van der Waals surface area contributed by atoms with E-state index in [0.29, 0.717) is 18.5 Å². The third kappa shape index (κ3) is 7.01. The number of amides is 2. The normalized spacial score (nSPS) is 12.1. The molecule has 3 aromatic rings. The van der Waals surface area contributed by atoms with Crippen molar-refractivity contribution >= 4 is 27.5 Å². The van der Waals surface area contributed by atoms with Gasteiger partial charge in [0.15, 0.2) is 0 Å². The van der Waals surface area contributed by atoms with Crippen LogP contribution >= 0.6 is 0 Å². The zero-order valence-corrected chi connectivity index (χ0v) is 23.3. The minimum atomic E-state index is -4.07. The maximum atomic E-state index is 14.0. The number of nitrogens with zero attached hydrogens (tertiary/aromatic N) is 2. The molecule has 2 amide bonds. The van der Waals surface area contributed by atoms with Crippen molar-refractivity contribution in [3.05, 3.63) is 96.1 Å². The number of carbonyl (C=O) groups excluding carboxylic acids is 2. The second-order valence-corrected chi connectivity index (χ2v) is 11.3. The van der Waals surface area contributed by atoms with E-state index >= 15 is 0 Å². The first kappa shape index (κ1) is 28.9. The number of aryl methyl sites for hydroxylation is 1. The van der Waals surface area contributed by atoms with Crippen LogP contribution in [0.5, 0.6) is 0 Å². The molecular formula is C30H37N3O4S. The fourth-order valence-electron chi connectivity index (χ4n) is 4.37. The second kappa shape index (κ2) is 13.2. The third-order valence-corrected chi connectivity index (χ3v) is 8.04. The molecule has 0 aliphatic heterocycles. The number of carbonyl (C=O) groups is 2. The standard InChI is InChI=1S/C30H37N3O4S/c1-5-25-17-13-14-20-28(25)33(38(36,37)26-18-11-8-12-19-26)22-29(34)32(21-24-15-9-7-10-16-24)27(6-2)30(35)31-23(3)4/h7-20,23,27H,5-6,21-22H2,1-4H3,(H,31,35)/t27-/m1/s1. The van der Waals surface area contributed by atoms with Gasteiger partial charge < -0.3 is 10.2 Å². The van der Waals surface area contributed by atoms with Gasteiger partial charge in [0.1, 0.15) is 12.6 Å². The van der Waals surface area contributed by atoms with E-state index in [9.17, 15) is 18.0 Å². The fourth-order valence-corrected chi connectivity index (χ4v) is 5.84. The van der Waals surface area contributed by atoms with Crippen LogP contribution in [-0.2, 0) is 32.6 Å². The first-order valence-electron chi connectivity index (χ1n) is 13.0. The lowest BCUT2D eigenvalue weighted by atomic mass is 10.1. The maximum absolute atomic E-state index is 14.0. The Hall–Kier alpha value is -3.65. The predicted molar refractivity (Wildman–Crippen MR) is 151 cm³/mol. The van der Waals surface area contributed by atoms with Gasteiger partial charge in [-0.25, -0.2) is 8.42 Å². The van der Waals surface area contributed by atoms with E-state index in [1.54, 1.807) is 30.3 Å². The average molecular weight is 536 g/mol. The Morgan fingerprint density at radius 3 is 2.00 bits per heavy atom. The van der Waals surface area contributed by atoms with Gasteiger partial charge in [0.2, 0.25) is 11.8 Å². The Balaban J connectivity index is 2.08. The molecule has 0 aromatic heterocycles. The highest BCUT2D eigenvalue weighted by Gasteiger charge is 2.34. The summed E-state index contributed by atoms with van der Waals surface area (Å²) in [5.74, 6) is -0.719. The lowest BCUT2D eigenvalue weighted by Gasteiger charge is -2.34. The fraction of sp³-hybridized carbons (Fsp3) is 0.333. The number of anilines is 1. The van der Waals surface area contributed by atoms with Crippen LogP contribution in [0.4, 0.5) is 5.69 Å². The average Bonchev–Trinajstić information content (AvgIpc) is 2.92. The zero-order chi connectivity index (χ0) is 27.7. The Kier molecular flexibility index (Phi) is 10.1. The molecule has 7 nitrogen and oxygen atoms in total. The summed E-state index contributed by atoms with van der Waals surface area (Å²) in [4.78, 5) is 28.8. The monoisotopic (exact) mass is 535 g/mol. The van der Waals surface area contributed by atoms with E-state index in [0.717, 1.165) is 11.1 Å². The Bertz CT molecular complexity index is 1310. The molecule has 0 saturated heterocycles. The molecule has 0 saturated carbocycles. The van der Waals surface area contributed by atoms with Crippen molar-refractivity contribution in [2.45, 2.75) is 64.1 Å². The van der Waals surface area contributed by atoms with E-state index in [1.807, 2.05) is 70.2 Å². The van der Waals surface area contributed by atoms with Crippen molar-refractivity contribution < 1.29 is 18.0 Å². The Labute approximate surface area is 226 Å². The minimum absolute atomic E-state index is 0.0953. The van der Waals surface area contributed by atoms with Gasteiger partial charge >= 0.3 is 0 Å². The van der Waals surface area contributed by atoms with E-state index < -0.39 is 28.5 Å². The molecule has 0 radical (unpaired) electrons. The molecule has 1 atom stereocenters. The topological polar surface area (TPSA) is 86.8 Å². The number of sulfonamides is 1. The van der Waals surface area contributed by atoms with Crippen LogP contribution in [0.2, 0.25) is 0 Å². The summed E-state index contributed by atoms with van der Waals surface area (Å²) < 4.78 is 29.0. The number of nitrogens with one attached hydrogen (secondary N) is 1. The number of para-hydroxylation sites is 1. The van der Waals surface area contributed by atoms with E-state index in [2.05, 4.69) is 5.32 Å². The van der Waals surface area contributed by atoms with Crippen LogP contribution in [0.1, 0.15) is 45.2 Å². The molecule has 3 aromatic carbocycles. The number of hydrogen-bond acceptors (Lipinski definition) is 4. The van der Waals surface area contributed by atoms with Gasteiger partial charge in [0.05, 0.1) is 10.6 Å². The minimum Gasteiger partial charge on any atom is -0.352 e. The molecule has 0 bridgehead atoms. The molecule has 8 heteroatoms. The summed E-state index contributed by atoms with van der Waals surface area (Å²) >= 11 is 0. The highest BCUT2D eigenvalue weighted by atomic mass is 32.2. The molecular weight excluding hydrogens is 498 g/mol. The Morgan fingerprint density at radius 1 is 0.842 bits per heavy atom. The van der Waals surface area contributed by atoms with Crippen molar-refractivity contribution in [3.8, 4) is 0 Å². The molecule has 202 valence electrons. The van der Waals surface area contributed by atoms with Gasteiger partial charge in [-0.2, -0.15) is 0 Å². The highest BCUT2D eigenvalue weighted by Crippen LogP contribution is 2.28. The second-order valence-electron chi connectivity index (χ2n) is 9.40. The SMILES string of the molecule is CCc1ccccc1N(CC(=O)N(Cc1ccccc1)[C@H](CC)C(=O)NC(C)C)S(=O)(=O)c1ccccc1. The van der Waals surface area contributed by atoms with Crippen LogP contribution in [0, 0.1) is 0 Å². The van der Waals surface area contributed by atoms with Crippen LogP contribution < -0.4 is 9.62 Å². The molecule has 1 N–H and O–H groups in total.